The van der Waals surface area contributed by atoms with Crippen molar-refractivity contribution in [3.05, 3.63) is 0 Å². The van der Waals surface area contributed by atoms with Crippen LogP contribution in [-0.4, -0.2) is 73.3 Å². The zero-order valence-electron chi connectivity index (χ0n) is 12.7. The number of amides is 2. The van der Waals surface area contributed by atoms with Crippen LogP contribution in [0.25, 0.3) is 0 Å². The van der Waals surface area contributed by atoms with E-state index in [1.807, 2.05) is 0 Å². The summed E-state index contributed by atoms with van der Waals surface area (Å²) < 4.78 is 27.2. The number of sulfone groups is 1. The summed E-state index contributed by atoms with van der Waals surface area (Å²) in [5.41, 5.74) is -0.665. The van der Waals surface area contributed by atoms with Gasteiger partial charge in [-0.25, -0.2) is 18.0 Å². The highest BCUT2D eigenvalue weighted by atomic mass is 32.2. The lowest BCUT2D eigenvalue weighted by atomic mass is 9.97. The third-order valence-corrected chi connectivity index (χ3v) is 5.70. The van der Waals surface area contributed by atoms with Crippen LogP contribution >= 0.6 is 0 Å². The fourth-order valence-corrected chi connectivity index (χ4v) is 2.10. The molecule has 1 saturated heterocycles. The van der Waals surface area contributed by atoms with Gasteiger partial charge >= 0.3 is 12.0 Å². The first kappa shape index (κ1) is 17.7. The van der Waals surface area contributed by atoms with Gasteiger partial charge in [0.1, 0.15) is 12.2 Å². The number of urea groups is 1. The minimum absolute atomic E-state index is 0.00780. The summed E-state index contributed by atoms with van der Waals surface area (Å²) in [7, 11) is -3.28. The molecule has 0 radical (unpaired) electrons. The molecule has 122 valence electrons. The molecule has 0 unspecified atom stereocenters. The van der Waals surface area contributed by atoms with Gasteiger partial charge in [-0.1, -0.05) is 0 Å². The number of hydrogen-bond donors (Lipinski definition) is 2. The molecule has 0 aromatic heterocycles. The van der Waals surface area contributed by atoms with Gasteiger partial charge in [-0.15, -0.1) is 0 Å². The zero-order chi connectivity index (χ0) is 16.5. The molecule has 0 aromatic rings. The standard InChI is InChI=1S/C12H22N2O6S/c1-11(2,21(4,18)19)6-13-10(17)14-7-12(3,8-14)20-5-9(15)16/h5-8H2,1-4H3,(H,13,17)(H,15,16). The van der Waals surface area contributed by atoms with E-state index in [9.17, 15) is 18.0 Å². The van der Waals surface area contributed by atoms with Crippen molar-refractivity contribution in [2.75, 3.05) is 32.5 Å². The Hall–Kier alpha value is -1.35. The van der Waals surface area contributed by atoms with Crippen LogP contribution in [0.2, 0.25) is 0 Å². The van der Waals surface area contributed by atoms with E-state index in [0.717, 1.165) is 6.26 Å². The van der Waals surface area contributed by atoms with Gasteiger partial charge in [0.05, 0.1) is 17.8 Å². The van der Waals surface area contributed by atoms with E-state index in [2.05, 4.69) is 5.32 Å². The van der Waals surface area contributed by atoms with E-state index < -0.39 is 32.8 Å². The van der Waals surface area contributed by atoms with Crippen LogP contribution in [0.15, 0.2) is 0 Å². The second kappa shape index (κ2) is 5.80. The van der Waals surface area contributed by atoms with Crippen molar-refractivity contribution in [1.29, 1.82) is 0 Å². The lowest BCUT2D eigenvalue weighted by molar-refractivity contribution is -0.159. The van der Waals surface area contributed by atoms with Crippen LogP contribution in [0.4, 0.5) is 4.79 Å². The van der Waals surface area contributed by atoms with Crippen LogP contribution in [-0.2, 0) is 19.4 Å². The second-order valence-electron chi connectivity index (χ2n) is 6.18. The fraction of sp³-hybridized carbons (Fsp3) is 0.833. The average molecular weight is 322 g/mol. The molecule has 0 bridgehead atoms. The Morgan fingerprint density at radius 1 is 1.38 bits per heavy atom. The van der Waals surface area contributed by atoms with Gasteiger partial charge in [-0.2, -0.15) is 0 Å². The minimum Gasteiger partial charge on any atom is -0.480 e. The molecule has 1 aliphatic rings. The molecule has 8 nitrogen and oxygen atoms in total. The molecule has 2 amide bonds. The molecule has 2 N–H and O–H groups in total. The maximum Gasteiger partial charge on any atom is 0.329 e. The highest BCUT2D eigenvalue weighted by Crippen LogP contribution is 2.24. The van der Waals surface area contributed by atoms with Gasteiger partial charge in [0.15, 0.2) is 9.84 Å². The Bertz CT molecular complexity index is 522. The van der Waals surface area contributed by atoms with E-state index in [1.54, 1.807) is 20.8 Å². The van der Waals surface area contributed by atoms with Crippen LogP contribution in [0.3, 0.4) is 0 Å². The minimum atomic E-state index is -3.28. The smallest absolute Gasteiger partial charge is 0.329 e. The number of ether oxygens (including phenoxy) is 1. The highest BCUT2D eigenvalue weighted by Gasteiger charge is 2.43. The van der Waals surface area contributed by atoms with Gasteiger partial charge < -0.3 is 20.1 Å². The maximum absolute atomic E-state index is 11.9. The topological polar surface area (TPSA) is 113 Å². The molecule has 21 heavy (non-hydrogen) atoms. The molecular formula is C12H22N2O6S. The van der Waals surface area contributed by atoms with Crippen LogP contribution in [0, 0.1) is 0 Å². The van der Waals surface area contributed by atoms with Crippen LogP contribution < -0.4 is 5.32 Å². The average Bonchev–Trinajstić information content (AvgIpc) is 2.28. The molecule has 9 heteroatoms. The number of carboxylic acid groups (broad SMARTS) is 1. The number of carbonyl (C=O) groups excluding carboxylic acids is 1. The third-order valence-electron chi connectivity index (χ3n) is 3.55. The van der Waals surface area contributed by atoms with Crippen molar-refractivity contribution in [3.63, 3.8) is 0 Å². The van der Waals surface area contributed by atoms with Gasteiger partial charge in [0.25, 0.3) is 0 Å². The summed E-state index contributed by atoms with van der Waals surface area (Å²) >= 11 is 0. The predicted octanol–water partition coefficient (Wildman–Crippen LogP) is -0.305. The quantitative estimate of drug-likeness (QED) is 0.694. The van der Waals surface area contributed by atoms with Crippen molar-refractivity contribution in [2.45, 2.75) is 31.1 Å². The van der Waals surface area contributed by atoms with E-state index in [0.29, 0.717) is 0 Å². The predicted molar refractivity (Wildman–Crippen MR) is 75.9 cm³/mol. The summed E-state index contributed by atoms with van der Waals surface area (Å²) in [6.07, 6.45) is 1.12. The molecule has 0 aromatic carbocycles. The molecule has 1 heterocycles. The van der Waals surface area contributed by atoms with E-state index in [-0.39, 0.29) is 25.7 Å². The SMILES string of the molecule is CC1(OCC(=O)O)CN(C(=O)NCC(C)(C)S(C)(=O)=O)C1. The van der Waals surface area contributed by atoms with E-state index in [4.69, 9.17) is 9.84 Å². The van der Waals surface area contributed by atoms with Crippen molar-refractivity contribution in [3.8, 4) is 0 Å². The molecular weight excluding hydrogens is 300 g/mol. The monoisotopic (exact) mass is 322 g/mol. The number of likely N-dealkylation sites (tertiary alicyclic amines) is 1. The van der Waals surface area contributed by atoms with Gasteiger partial charge in [-0.05, 0) is 20.8 Å². The summed E-state index contributed by atoms with van der Waals surface area (Å²) in [5.74, 6) is -1.06. The first-order valence-electron chi connectivity index (χ1n) is 6.44. The number of rotatable bonds is 6. The molecule has 1 rings (SSSR count). The summed E-state index contributed by atoms with van der Waals surface area (Å²) in [4.78, 5) is 23.8. The van der Waals surface area contributed by atoms with E-state index >= 15 is 0 Å². The third kappa shape index (κ3) is 4.57. The van der Waals surface area contributed by atoms with Crippen molar-refractivity contribution < 1.29 is 27.9 Å². The second-order valence-corrected chi connectivity index (χ2v) is 8.83. The number of nitrogens with one attached hydrogen (secondary N) is 1. The number of carbonyl (C=O) groups is 2. The fourth-order valence-electron chi connectivity index (χ4n) is 1.76. The first-order chi connectivity index (χ1) is 9.36. The molecule has 1 aliphatic heterocycles. The zero-order valence-corrected chi connectivity index (χ0v) is 13.5. The Morgan fingerprint density at radius 2 is 1.90 bits per heavy atom. The van der Waals surface area contributed by atoms with Gasteiger partial charge in [-0.3, -0.25) is 0 Å². The lowest BCUT2D eigenvalue weighted by Crippen LogP contribution is -2.65. The largest absolute Gasteiger partial charge is 0.480 e. The van der Waals surface area contributed by atoms with Crippen molar-refractivity contribution >= 4 is 21.8 Å². The number of hydrogen-bond acceptors (Lipinski definition) is 5. The van der Waals surface area contributed by atoms with Crippen molar-refractivity contribution in [1.82, 2.24) is 10.2 Å². The normalized spacial score (nSPS) is 18.0. The molecule has 0 aliphatic carbocycles. The van der Waals surface area contributed by atoms with Gasteiger partial charge in [0.2, 0.25) is 0 Å². The van der Waals surface area contributed by atoms with Crippen LogP contribution in [0.5, 0.6) is 0 Å². The molecule has 1 fully saturated rings. The number of aliphatic carboxylic acids is 1. The summed E-state index contributed by atoms with van der Waals surface area (Å²) in [6, 6.07) is -0.386. The highest BCUT2D eigenvalue weighted by molar-refractivity contribution is 7.92. The Kier molecular flexibility index (Phi) is 4.89. The number of nitrogens with zero attached hydrogens (tertiary/aromatic N) is 1. The lowest BCUT2D eigenvalue weighted by Gasteiger charge is -2.47. The van der Waals surface area contributed by atoms with Gasteiger partial charge in [0, 0.05) is 12.8 Å². The summed E-state index contributed by atoms with van der Waals surface area (Å²) in [6.45, 7) is 4.94. The maximum atomic E-state index is 11.9. The first-order valence-corrected chi connectivity index (χ1v) is 8.34. The molecule has 0 atom stereocenters. The van der Waals surface area contributed by atoms with Crippen molar-refractivity contribution in [2.24, 2.45) is 0 Å². The molecule has 0 saturated carbocycles. The Labute approximate surface area is 124 Å². The Balaban J connectivity index is 2.42. The molecule has 0 spiro atoms. The van der Waals surface area contributed by atoms with Crippen LogP contribution in [0.1, 0.15) is 20.8 Å². The van der Waals surface area contributed by atoms with E-state index in [1.165, 1.54) is 4.90 Å². The number of carboxylic acids is 1. The summed E-state index contributed by atoms with van der Waals surface area (Å²) in [5, 5.41) is 11.1. The Morgan fingerprint density at radius 3 is 2.33 bits per heavy atom.